The van der Waals surface area contributed by atoms with Gasteiger partial charge in [0, 0.05) is 45.3 Å². The molecule has 6 heteroatoms. The zero-order valence-corrected chi connectivity index (χ0v) is 22.4. The van der Waals surface area contributed by atoms with Crippen molar-refractivity contribution in [3.63, 3.8) is 0 Å². The minimum absolute atomic E-state index is 0.0208. The molecule has 2 fully saturated rings. The van der Waals surface area contributed by atoms with Gasteiger partial charge in [0.15, 0.2) is 0 Å². The van der Waals surface area contributed by atoms with Crippen LogP contribution >= 0.6 is 0 Å². The predicted molar refractivity (Wildman–Crippen MR) is 143 cm³/mol. The summed E-state index contributed by atoms with van der Waals surface area (Å²) < 4.78 is 5.24. The number of carbonyl (C=O) groups is 1. The van der Waals surface area contributed by atoms with E-state index in [1.54, 1.807) is 7.11 Å². The average molecular weight is 488 g/mol. The van der Waals surface area contributed by atoms with Crippen molar-refractivity contribution in [2.45, 2.75) is 89.2 Å². The fourth-order valence-corrected chi connectivity index (χ4v) is 6.22. The Morgan fingerprint density at radius 2 is 2.00 bits per heavy atom. The molecule has 1 heterocycles. The minimum Gasteiger partial charge on any atom is -0.385 e. The van der Waals surface area contributed by atoms with Crippen LogP contribution in [0.2, 0.25) is 0 Å². The van der Waals surface area contributed by atoms with Crippen molar-refractivity contribution in [3.8, 4) is 0 Å². The van der Waals surface area contributed by atoms with Crippen LogP contribution in [0.5, 0.6) is 0 Å². The number of piperidine rings is 1. The van der Waals surface area contributed by atoms with Crippen LogP contribution in [0, 0.1) is 18.8 Å². The molecule has 2 amide bonds. The molecule has 1 unspecified atom stereocenters. The highest BCUT2D eigenvalue weighted by atomic mass is 16.5. The smallest absolute Gasteiger partial charge is 0.317 e. The fourth-order valence-electron chi connectivity index (χ4n) is 6.22. The first-order valence-corrected chi connectivity index (χ1v) is 13.9. The van der Waals surface area contributed by atoms with E-state index in [-0.39, 0.29) is 18.0 Å². The summed E-state index contributed by atoms with van der Waals surface area (Å²) in [6, 6.07) is 8.45. The van der Waals surface area contributed by atoms with Gasteiger partial charge in [-0.1, -0.05) is 61.9 Å². The van der Waals surface area contributed by atoms with Crippen molar-refractivity contribution in [2.24, 2.45) is 11.8 Å². The number of likely N-dealkylation sites (N-methyl/N-ethyl adjacent to an activating group) is 1. The lowest BCUT2D eigenvalue weighted by Crippen LogP contribution is -2.54. The highest BCUT2D eigenvalue weighted by Gasteiger charge is 2.41. The van der Waals surface area contributed by atoms with Crippen LogP contribution < -0.4 is 10.6 Å². The molecule has 2 aliphatic rings. The molecule has 1 saturated carbocycles. The first-order chi connectivity index (χ1) is 17.0. The standard InChI is InChI=1S/C29H49N3O3/c1-23-11-9-14-25(19-23)29(34,16-7-8-18-35-3)26-15-10-17-32(22-26)28(33)31-27(21-30-2)20-24-12-5-4-6-13-24/h9,11,14,19,24,26-27,30,34H,4-8,10,12-13,15-18,20-22H2,1-3H3,(H,31,33)/t26-,27?,29-/m1/s1. The Labute approximate surface area is 213 Å². The topological polar surface area (TPSA) is 73.8 Å². The molecule has 35 heavy (non-hydrogen) atoms. The maximum atomic E-state index is 13.4. The Bertz CT molecular complexity index is 767. The molecule has 3 rings (SSSR count). The number of rotatable bonds is 12. The molecule has 198 valence electrons. The van der Waals surface area contributed by atoms with Gasteiger partial charge in [-0.3, -0.25) is 0 Å². The summed E-state index contributed by atoms with van der Waals surface area (Å²) >= 11 is 0. The van der Waals surface area contributed by atoms with Crippen molar-refractivity contribution < 1.29 is 14.6 Å². The van der Waals surface area contributed by atoms with E-state index in [2.05, 4.69) is 35.8 Å². The first-order valence-electron chi connectivity index (χ1n) is 13.9. The van der Waals surface area contributed by atoms with Gasteiger partial charge in [0.25, 0.3) is 0 Å². The summed E-state index contributed by atoms with van der Waals surface area (Å²) in [5, 5.41) is 18.7. The van der Waals surface area contributed by atoms with E-state index in [4.69, 9.17) is 4.74 Å². The quantitative estimate of drug-likeness (QED) is 0.364. The van der Waals surface area contributed by atoms with Crippen LogP contribution in [0.3, 0.4) is 0 Å². The number of urea groups is 1. The predicted octanol–water partition coefficient (Wildman–Crippen LogP) is 4.98. The SMILES string of the molecule is CNCC(CC1CCCCC1)NC(=O)N1CCC[C@@H]([C@@](O)(CCCCOC)c2cccc(C)c2)C1. The largest absolute Gasteiger partial charge is 0.385 e. The summed E-state index contributed by atoms with van der Waals surface area (Å²) in [5.74, 6) is 0.738. The van der Waals surface area contributed by atoms with Crippen LogP contribution in [0.1, 0.15) is 81.8 Å². The maximum absolute atomic E-state index is 13.4. The highest BCUT2D eigenvalue weighted by molar-refractivity contribution is 5.74. The van der Waals surface area contributed by atoms with Crippen LogP contribution in [-0.4, -0.2) is 62.5 Å². The number of carbonyl (C=O) groups excluding carboxylic acids is 1. The van der Waals surface area contributed by atoms with Crippen LogP contribution in [-0.2, 0) is 10.3 Å². The summed E-state index contributed by atoms with van der Waals surface area (Å²) in [5.41, 5.74) is 1.19. The van der Waals surface area contributed by atoms with Gasteiger partial charge in [0.2, 0.25) is 0 Å². The number of unbranched alkanes of at least 4 members (excludes halogenated alkanes) is 1. The van der Waals surface area contributed by atoms with E-state index >= 15 is 0 Å². The van der Waals surface area contributed by atoms with Crippen molar-refractivity contribution in [1.29, 1.82) is 0 Å². The van der Waals surface area contributed by atoms with Crippen LogP contribution in [0.15, 0.2) is 24.3 Å². The van der Waals surface area contributed by atoms with E-state index in [9.17, 15) is 9.90 Å². The van der Waals surface area contributed by atoms with E-state index in [1.165, 1.54) is 32.1 Å². The summed E-state index contributed by atoms with van der Waals surface area (Å²) in [6.07, 6.45) is 12.0. The molecule has 3 N–H and O–H groups in total. The molecular formula is C29H49N3O3. The first kappa shape index (κ1) is 27.9. The number of amides is 2. The van der Waals surface area contributed by atoms with Crippen LogP contribution in [0.25, 0.3) is 0 Å². The molecule has 0 radical (unpaired) electrons. The number of nitrogens with zero attached hydrogens (tertiary/aromatic N) is 1. The van der Waals surface area contributed by atoms with Gasteiger partial charge in [-0.25, -0.2) is 4.79 Å². The molecule has 0 spiro atoms. The fraction of sp³-hybridized carbons (Fsp3) is 0.759. The van der Waals surface area contributed by atoms with E-state index in [0.717, 1.165) is 62.2 Å². The van der Waals surface area contributed by atoms with Gasteiger partial charge in [-0.05, 0) is 64.0 Å². The molecule has 1 aromatic rings. The number of ether oxygens (including phenoxy) is 1. The second kappa shape index (κ2) is 14.2. The molecule has 6 nitrogen and oxygen atoms in total. The third-order valence-corrected chi connectivity index (χ3v) is 8.18. The van der Waals surface area contributed by atoms with Gasteiger partial charge in [0.05, 0.1) is 5.60 Å². The molecule has 3 atom stereocenters. The monoisotopic (exact) mass is 487 g/mol. The Morgan fingerprint density at radius 3 is 2.71 bits per heavy atom. The third-order valence-electron chi connectivity index (χ3n) is 8.18. The lowest BCUT2D eigenvalue weighted by molar-refractivity contribution is -0.0564. The van der Waals surface area contributed by atoms with E-state index in [1.807, 2.05) is 18.0 Å². The number of methoxy groups -OCH3 is 1. The summed E-state index contributed by atoms with van der Waals surface area (Å²) in [4.78, 5) is 15.3. The zero-order valence-electron chi connectivity index (χ0n) is 22.4. The lowest BCUT2D eigenvalue weighted by atomic mass is 9.74. The normalized spacial score (nSPS) is 21.9. The van der Waals surface area contributed by atoms with Gasteiger partial charge >= 0.3 is 6.03 Å². The molecule has 0 aromatic heterocycles. The molecule has 1 aliphatic carbocycles. The zero-order chi connectivity index (χ0) is 25.1. The number of nitrogens with one attached hydrogen (secondary N) is 2. The summed E-state index contributed by atoms with van der Waals surface area (Å²) in [6.45, 7) is 4.93. The molecule has 1 aliphatic heterocycles. The van der Waals surface area contributed by atoms with Crippen LogP contribution in [0.4, 0.5) is 4.79 Å². The second-order valence-corrected chi connectivity index (χ2v) is 11.0. The Kier molecular flexibility index (Phi) is 11.3. The number of hydrogen-bond donors (Lipinski definition) is 3. The Morgan fingerprint density at radius 1 is 1.20 bits per heavy atom. The van der Waals surface area contributed by atoms with E-state index < -0.39 is 5.60 Å². The third kappa shape index (κ3) is 8.19. The van der Waals surface area contributed by atoms with Crippen molar-refractivity contribution in [1.82, 2.24) is 15.5 Å². The molecule has 1 aromatic carbocycles. The second-order valence-electron chi connectivity index (χ2n) is 11.0. The maximum Gasteiger partial charge on any atom is 0.317 e. The minimum atomic E-state index is -0.939. The lowest BCUT2D eigenvalue weighted by Gasteiger charge is -2.43. The molecule has 0 bridgehead atoms. The van der Waals surface area contributed by atoms with Crippen molar-refractivity contribution in [2.75, 3.05) is 40.4 Å². The number of aliphatic hydroxyl groups is 1. The molecule has 1 saturated heterocycles. The van der Waals surface area contributed by atoms with Gasteiger partial charge in [-0.15, -0.1) is 0 Å². The number of aryl methyl sites for hydroxylation is 1. The average Bonchev–Trinajstić information content (AvgIpc) is 2.87. The highest BCUT2D eigenvalue weighted by Crippen LogP contribution is 2.40. The summed E-state index contributed by atoms with van der Waals surface area (Å²) in [7, 11) is 3.68. The van der Waals surface area contributed by atoms with Crippen molar-refractivity contribution in [3.05, 3.63) is 35.4 Å². The Hall–Kier alpha value is -1.63. The number of hydrogen-bond acceptors (Lipinski definition) is 4. The van der Waals surface area contributed by atoms with Crippen molar-refractivity contribution >= 4 is 6.03 Å². The van der Waals surface area contributed by atoms with Gasteiger partial charge < -0.3 is 25.4 Å². The molecular weight excluding hydrogens is 438 g/mol. The van der Waals surface area contributed by atoms with Gasteiger partial charge in [-0.2, -0.15) is 0 Å². The van der Waals surface area contributed by atoms with E-state index in [0.29, 0.717) is 19.6 Å². The van der Waals surface area contributed by atoms with Gasteiger partial charge in [0.1, 0.15) is 0 Å². The number of benzene rings is 1. The number of likely N-dealkylation sites (tertiary alicyclic amines) is 1. The Balaban J connectivity index is 1.67.